The summed E-state index contributed by atoms with van der Waals surface area (Å²) in [6, 6.07) is -0.732. The van der Waals surface area contributed by atoms with Crippen LogP contribution in [0.15, 0.2) is 36.5 Å². The summed E-state index contributed by atoms with van der Waals surface area (Å²) in [5.74, 6) is -1.83. The standard InChI is InChI=1S/C46H83NO7/c1-6-8-10-12-14-15-16-17-18-19-20-21-22-23-24-25-26-27-28-29-31-33-35-37-45(49)54-42(40-52-39-38-43(46(50)51)47(3,4)5)41-53-44(48)36-34-32-30-13-11-9-7-2/h9,11,23-24,30,32,42-43H,6-8,10,12-22,25-29,31,33-41H2,1-5H3/b11-9+,24-23+,32-30+. The van der Waals surface area contributed by atoms with E-state index in [1.807, 2.05) is 12.2 Å². The van der Waals surface area contributed by atoms with Crippen LogP contribution in [0.25, 0.3) is 0 Å². The first kappa shape index (κ1) is 51.5. The number of allylic oxidation sites excluding steroid dienone is 6. The SMILES string of the molecule is CC/C=C/C/C=C/CCC(=O)OCC(COCCC(C(=O)[O-])[N+](C)(C)C)OC(=O)CCCCCCCCC/C=C/CCCCCCCCCCCCCC. The predicted octanol–water partition coefficient (Wildman–Crippen LogP) is 10.5. The topological polar surface area (TPSA) is 102 Å². The molecule has 314 valence electrons. The van der Waals surface area contributed by atoms with Gasteiger partial charge < -0.3 is 28.6 Å². The molecule has 0 spiro atoms. The number of quaternary nitrogens is 1. The van der Waals surface area contributed by atoms with Crippen LogP contribution in [0.2, 0.25) is 0 Å². The Labute approximate surface area is 332 Å². The van der Waals surface area contributed by atoms with Crippen molar-refractivity contribution in [1.82, 2.24) is 0 Å². The Kier molecular flexibility index (Phi) is 35.8. The van der Waals surface area contributed by atoms with Gasteiger partial charge in [-0.1, -0.05) is 153 Å². The molecule has 54 heavy (non-hydrogen) atoms. The molecule has 0 aromatic carbocycles. The Bertz CT molecular complexity index is 984. The van der Waals surface area contributed by atoms with Crippen LogP contribution in [-0.2, 0) is 28.6 Å². The molecular weight excluding hydrogens is 679 g/mol. The zero-order valence-electron chi connectivity index (χ0n) is 35.6. The summed E-state index contributed by atoms with van der Waals surface area (Å²) in [4.78, 5) is 36.6. The summed E-state index contributed by atoms with van der Waals surface area (Å²) in [5.41, 5.74) is 0. The zero-order chi connectivity index (χ0) is 40.0. The maximum absolute atomic E-state index is 12.7. The van der Waals surface area contributed by atoms with Crippen LogP contribution in [0, 0.1) is 0 Å². The Morgan fingerprint density at radius 1 is 0.574 bits per heavy atom. The fourth-order valence-electron chi connectivity index (χ4n) is 6.36. The van der Waals surface area contributed by atoms with Crippen LogP contribution >= 0.6 is 0 Å². The van der Waals surface area contributed by atoms with E-state index in [4.69, 9.17) is 14.2 Å². The van der Waals surface area contributed by atoms with Crippen molar-refractivity contribution in [2.75, 3.05) is 41.0 Å². The minimum absolute atomic E-state index is 0.0220. The number of likely N-dealkylation sites (N-methyl/N-ethyl adjacent to an activating group) is 1. The molecular formula is C46H83NO7. The second-order valence-corrected chi connectivity index (χ2v) is 15.9. The highest BCUT2D eigenvalue weighted by Gasteiger charge is 2.25. The van der Waals surface area contributed by atoms with E-state index in [1.165, 1.54) is 116 Å². The molecule has 0 amide bonds. The molecule has 0 aliphatic rings. The van der Waals surface area contributed by atoms with Crippen molar-refractivity contribution in [3.63, 3.8) is 0 Å². The Balaban J connectivity index is 4.16. The fourth-order valence-corrected chi connectivity index (χ4v) is 6.36. The van der Waals surface area contributed by atoms with Gasteiger partial charge in [0, 0.05) is 19.3 Å². The number of ether oxygens (including phenoxy) is 3. The number of carboxylic acid groups (broad SMARTS) is 1. The number of carbonyl (C=O) groups is 3. The molecule has 0 radical (unpaired) electrons. The van der Waals surface area contributed by atoms with Crippen molar-refractivity contribution in [1.29, 1.82) is 0 Å². The van der Waals surface area contributed by atoms with Gasteiger partial charge in [-0.05, 0) is 51.4 Å². The molecule has 0 fully saturated rings. The van der Waals surface area contributed by atoms with Gasteiger partial charge in [-0.15, -0.1) is 0 Å². The zero-order valence-corrected chi connectivity index (χ0v) is 35.6. The quantitative estimate of drug-likeness (QED) is 0.0266. The molecule has 0 aliphatic heterocycles. The molecule has 0 aromatic heterocycles. The van der Waals surface area contributed by atoms with Gasteiger partial charge in [0.2, 0.25) is 0 Å². The summed E-state index contributed by atoms with van der Waals surface area (Å²) in [6.45, 7) is 4.45. The Morgan fingerprint density at radius 2 is 1.07 bits per heavy atom. The number of hydrogen-bond acceptors (Lipinski definition) is 7. The lowest BCUT2D eigenvalue weighted by molar-refractivity contribution is -0.889. The van der Waals surface area contributed by atoms with Crippen LogP contribution in [0.5, 0.6) is 0 Å². The van der Waals surface area contributed by atoms with Crippen molar-refractivity contribution in [2.45, 2.75) is 199 Å². The summed E-state index contributed by atoms with van der Waals surface area (Å²) in [6.07, 6.45) is 42.3. The molecule has 2 unspecified atom stereocenters. The fraction of sp³-hybridized carbons (Fsp3) is 0.804. The van der Waals surface area contributed by atoms with Crippen molar-refractivity contribution in [2.24, 2.45) is 0 Å². The third-order valence-electron chi connectivity index (χ3n) is 9.77. The third-order valence-corrected chi connectivity index (χ3v) is 9.77. The van der Waals surface area contributed by atoms with Gasteiger partial charge in [0.05, 0.1) is 40.3 Å². The van der Waals surface area contributed by atoms with Crippen molar-refractivity contribution in [3.8, 4) is 0 Å². The number of aliphatic carboxylic acids is 1. The highest BCUT2D eigenvalue weighted by molar-refractivity contribution is 5.70. The largest absolute Gasteiger partial charge is 0.544 e. The van der Waals surface area contributed by atoms with Gasteiger partial charge in [-0.2, -0.15) is 0 Å². The lowest BCUT2D eigenvalue weighted by atomic mass is 10.0. The summed E-state index contributed by atoms with van der Waals surface area (Å²) >= 11 is 0. The summed E-state index contributed by atoms with van der Waals surface area (Å²) in [5, 5.41) is 11.6. The van der Waals surface area contributed by atoms with Gasteiger partial charge in [0.25, 0.3) is 0 Å². The molecule has 0 rings (SSSR count). The van der Waals surface area contributed by atoms with E-state index in [1.54, 1.807) is 21.1 Å². The second kappa shape index (κ2) is 37.5. The molecule has 8 nitrogen and oxygen atoms in total. The number of unbranched alkanes of at least 4 members (excludes halogenated alkanes) is 19. The molecule has 8 heteroatoms. The maximum Gasteiger partial charge on any atom is 0.306 e. The number of hydrogen-bond donors (Lipinski definition) is 0. The number of esters is 2. The first-order chi connectivity index (χ1) is 26.1. The average Bonchev–Trinajstić information content (AvgIpc) is 3.12. The van der Waals surface area contributed by atoms with Crippen molar-refractivity contribution >= 4 is 17.9 Å². The Hall–Kier alpha value is -2.45. The van der Waals surface area contributed by atoms with Gasteiger partial charge >= 0.3 is 11.9 Å². The smallest absolute Gasteiger partial charge is 0.306 e. The number of carboxylic acids is 1. The molecule has 0 saturated carbocycles. The molecule has 0 bridgehead atoms. The van der Waals surface area contributed by atoms with Gasteiger partial charge in [0.15, 0.2) is 6.10 Å². The van der Waals surface area contributed by atoms with Gasteiger partial charge in [0.1, 0.15) is 12.6 Å². The lowest BCUT2D eigenvalue weighted by Gasteiger charge is -2.34. The number of nitrogens with zero attached hydrogens (tertiary/aromatic N) is 1. The second-order valence-electron chi connectivity index (χ2n) is 15.9. The lowest BCUT2D eigenvalue weighted by Crippen LogP contribution is -2.55. The molecule has 0 aromatic rings. The average molecular weight is 762 g/mol. The van der Waals surface area contributed by atoms with E-state index >= 15 is 0 Å². The summed E-state index contributed by atoms with van der Waals surface area (Å²) in [7, 11) is 5.38. The van der Waals surface area contributed by atoms with E-state index in [0.29, 0.717) is 12.8 Å². The Morgan fingerprint density at radius 3 is 1.59 bits per heavy atom. The maximum atomic E-state index is 12.7. The van der Waals surface area contributed by atoms with E-state index in [2.05, 4.69) is 38.2 Å². The molecule has 0 N–H and O–H groups in total. The minimum Gasteiger partial charge on any atom is -0.544 e. The van der Waals surface area contributed by atoms with Crippen LogP contribution < -0.4 is 5.11 Å². The normalized spacial score (nSPS) is 13.3. The van der Waals surface area contributed by atoms with Gasteiger partial charge in [-0.25, -0.2) is 0 Å². The molecule has 0 aliphatic carbocycles. The molecule has 2 atom stereocenters. The van der Waals surface area contributed by atoms with Crippen LogP contribution in [0.4, 0.5) is 0 Å². The van der Waals surface area contributed by atoms with E-state index in [-0.39, 0.29) is 49.1 Å². The van der Waals surface area contributed by atoms with Crippen molar-refractivity contribution in [3.05, 3.63) is 36.5 Å². The van der Waals surface area contributed by atoms with Gasteiger partial charge in [-0.3, -0.25) is 9.59 Å². The number of rotatable bonds is 39. The highest BCUT2D eigenvalue weighted by Crippen LogP contribution is 2.14. The predicted molar refractivity (Wildman–Crippen MR) is 222 cm³/mol. The highest BCUT2D eigenvalue weighted by atomic mass is 16.6. The molecule has 0 heterocycles. The van der Waals surface area contributed by atoms with E-state index in [0.717, 1.165) is 32.1 Å². The van der Waals surface area contributed by atoms with E-state index < -0.39 is 18.1 Å². The van der Waals surface area contributed by atoms with Crippen LogP contribution in [0.3, 0.4) is 0 Å². The minimum atomic E-state index is -1.13. The van der Waals surface area contributed by atoms with Crippen LogP contribution in [-0.4, -0.2) is 75.5 Å². The van der Waals surface area contributed by atoms with Crippen molar-refractivity contribution < 1.29 is 38.2 Å². The van der Waals surface area contributed by atoms with Crippen LogP contribution in [0.1, 0.15) is 187 Å². The first-order valence-corrected chi connectivity index (χ1v) is 22.0. The first-order valence-electron chi connectivity index (χ1n) is 22.0. The molecule has 0 saturated heterocycles. The number of carbonyl (C=O) groups excluding carboxylic acids is 3. The third kappa shape index (κ3) is 35.3. The van der Waals surface area contributed by atoms with E-state index in [9.17, 15) is 19.5 Å². The summed E-state index contributed by atoms with van der Waals surface area (Å²) < 4.78 is 17.0. The monoisotopic (exact) mass is 762 g/mol.